The molecule has 0 saturated heterocycles. The summed E-state index contributed by atoms with van der Waals surface area (Å²) in [6, 6.07) is 0. The molecule has 1 saturated carbocycles. The van der Waals surface area contributed by atoms with Gasteiger partial charge in [0.25, 0.3) is 0 Å². The molecule has 74 valence electrons. The van der Waals surface area contributed by atoms with Crippen LogP contribution in [0.25, 0.3) is 0 Å². The molecule has 0 aromatic carbocycles. The van der Waals surface area contributed by atoms with Gasteiger partial charge in [-0.3, -0.25) is 4.79 Å². The van der Waals surface area contributed by atoms with Crippen molar-refractivity contribution in [2.45, 2.75) is 27.7 Å². The highest BCUT2D eigenvalue weighted by atomic mass is 16.4. The van der Waals surface area contributed by atoms with Crippen molar-refractivity contribution in [1.29, 1.82) is 0 Å². The number of hydrogen-bond acceptors (Lipinski definition) is 2. The van der Waals surface area contributed by atoms with Crippen molar-refractivity contribution in [3.05, 3.63) is 11.3 Å². The van der Waals surface area contributed by atoms with Crippen LogP contribution in [-0.2, 0) is 4.79 Å². The van der Waals surface area contributed by atoms with E-state index in [0.29, 0.717) is 5.57 Å². The van der Waals surface area contributed by atoms with Crippen molar-refractivity contribution in [2.24, 2.45) is 17.3 Å². The summed E-state index contributed by atoms with van der Waals surface area (Å²) in [4.78, 5) is 10.8. The number of allylic oxidation sites excluding steroid dienone is 1. The van der Waals surface area contributed by atoms with Gasteiger partial charge in [-0.05, 0) is 5.57 Å². The Morgan fingerprint density at radius 1 is 1.38 bits per heavy atom. The molecule has 0 bridgehead atoms. The Kier molecular flexibility index (Phi) is 2.14. The number of hydrogen-bond donors (Lipinski definition) is 2. The minimum atomic E-state index is -0.841. The second-order valence-corrected chi connectivity index (χ2v) is 4.45. The fourth-order valence-corrected chi connectivity index (χ4v) is 1.77. The minimum absolute atomic E-state index is 0.0126. The average molecular weight is 184 g/mol. The lowest BCUT2D eigenvalue weighted by atomic mass is 10.1. The van der Waals surface area contributed by atoms with Gasteiger partial charge in [0.2, 0.25) is 0 Å². The maximum atomic E-state index is 10.8. The topological polar surface area (TPSA) is 57.5 Å². The van der Waals surface area contributed by atoms with Gasteiger partial charge >= 0.3 is 5.97 Å². The van der Waals surface area contributed by atoms with Crippen LogP contribution in [0.3, 0.4) is 0 Å². The van der Waals surface area contributed by atoms with Crippen LogP contribution in [0.15, 0.2) is 11.3 Å². The number of aliphatic hydroxyl groups excluding tert-OH is 1. The zero-order valence-electron chi connectivity index (χ0n) is 8.46. The van der Waals surface area contributed by atoms with Gasteiger partial charge in [-0.15, -0.1) is 0 Å². The van der Waals surface area contributed by atoms with E-state index < -0.39 is 11.9 Å². The van der Waals surface area contributed by atoms with E-state index in [2.05, 4.69) is 0 Å². The highest BCUT2D eigenvalue weighted by molar-refractivity contribution is 5.82. The molecule has 0 unspecified atom stereocenters. The Labute approximate surface area is 78.1 Å². The van der Waals surface area contributed by atoms with E-state index in [-0.39, 0.29) is 17.1 Å². The molecule has 1 fully saturated rings. The Morgan fingerprint density at radius 2 is 1.85 bits per heavy atom. The molecule has 0 aromatic heterocycles. The zero-order chi connectivity index (χ0) is 10.4. The molecule has 0 spiro atoms. The average Bonchev–Trinajstić information content (AvgIpc) is 2.51. The van der Waals surface area contributed by atoms with Crippen LogP contribution < -0.4 is 0 Å². The molecular weight excluding hydrogens is 168 g/mol. The van der Waals surface area contributed by atoms with Crippen molar-refractivity contribution in [2.75, 3.05) is 0 Å². The normalized spacial score (nSPS) is 28.8. The molecule has 2 N–H and O–H groups in total. The second kappa shape index (κ2) is 2.76. The SMILES string of the molecule is CC(C)/C(O)=C1/[C@@H](C(=O)O)C1(C)C. The van der Waals surface area contributed by atoms with Gasteiger partial charge in [-0.25, -0.2) is 0 Å². The molecule has 0 aliphatic heterocycles. The quantitative estimate of drug-likeness (QED) is 0.647. The predicted octanol–water partition coefficient (Wildman–Crippen LogP) is 2.20. The molecule has 3 heteroatoms. The Bertz CT molecular complexity index is 274. The van der Waals surface area contributed by atoms with Crippen LogP contribution in [0.5, 0.6) is 0 Å². The van der Waals surface area contributed by atoms with Gasteiger partial charge < -0.3 is 10.2 Å². The predicted molar refractivity (Wildman–Crippen MR) is 49.4 cm³/mol. The molecule has 0 radical (unpaired) electrons. The lowest BCUT2D eigenvalue weighted by molar-refractivity contribution is -0.139. The number of carbonyl (C=O) groups is 1. The Balaban J connectivity index is 2.99. The first-order valence-corrected chi connectivity index (χ1v) is 4.46. The molecule has 1 rings (SSSR count). The summed E-state index contributed by atoms with van der Waals surface area (Å²) < 4.78 is 0. The van der Waals surface area contributed by atoms with Crippen LogP contribution in [-0.4, -0.2) is 16.2 Å². The van der Waals surface area contributed by atoms with E-state index in [1.807, 2.05) is 27.7 Å². The molecule has 13 heavy (non-hydrogen) atoms. The van der Waals surface area contributed by atoms with Crippen molar-refractivity contribution >= 4 is 5.97 Å². The lowest BCUT2D eigenvalue weighted by Gasteiger charge is -2.03. The van der Waals surface area contributed by atoms with Crippen LogP contribution in [0.4, 0.5) is 0 Å². The van der Waals surface area contributed by atoms with E-state index in [1.54, 1.807) is 0 Å². The molecule has 1 aliphatic rings. The van der Waals surface area contributed by atoms with E-state index >= 15 is 0 Å². The van der Waals surface area contributed by atoms with Crippen LogP contribution in [0, 0.1) is 17.3 Å². The summed E-state index contributed by atoms with van der Waals surface area (Å²) in [5, 5.41) is 18.5. The van der Waals surface area contributed by atoms with Crippen molar-refractivity contribution in [3.63, 3.8) is 0 Å². The number of aliphatic carboxylic acids is 1. The Hall–Kier alpha value is -0.990. The standard InChI is InChI=1S/C10H16O3/c1-5(2)8(11)6-7(9(12)13)10(6,3)4/h5,7,11H,1-4H3,(H,12,13)/b8-6+/t7-/m0/s1. The molecule has 0 aromatic rings. The highest BCUT2D eigenvalue weighted by Crippen LogP contribution is 2.59. The maximum Gasteiger partial charge on any atom is 0.311 e. The van der Waals surface area contributed by atoms with Gasteiger partial charge in [0, 0.05) is 11.3 Å². The maximum absolute atomic E-state index is 10.8. The first-order valence-electron chi connectivity index (χ1n) is 4.46. The largest absolute Gasteiger partial charge is 0.512 e. The third-order valence-corrected chi connectivity index (χ3v) is 2.69. The number of rotatable bonds is 2. The van der Waals surface area contributed by atoms with Gasteiger partial charge in [-0.1, -0.05) is 27.7 Å². The molecule has 1 aliphatic carbocycles. The van der Waals surface area contributed by atoms with Gasteiger partial charge in [-0.2, -0.15) is 0 Å². The number of carboxylic acid groups (broad SMARTS) is 1. The third kappa shape index (κ3) is 1.43. The third-order valence-electron chi connectivity index (χ3n) is 2.69. The number of aliphatic hydroxyl groups is 1. The fraction of sp³-hybridized carbons (Fsp3) is 0.700. The zero-order valence-corrected chi connectivity index (χ0v) is 8.46. The highest BCUT2D eigenvalue weighted by Gasteiger charge is 2.59. The van der Waals surface area contributed by atoms with Crippen molar-refractivity contribution in [1.82, 2.24) is 0 Å². The van der Waals surface area contributed by atoms with E-state index in [4.69, 9.17) is 5.11 Å². The molecule has 0 heterocycles. The van der Waals surface area contributed by atoms with Crippen molar-refractivity contribution < 1.29 is 15.0 Å². The summed E-state index contributed by atoms with van der Waals surface area (Å²) in [6.07, 6.45) is 0. The van der Waals surface area contributed by atoms with E-state index in [1.165, 1.54) is 0 Å². The van der Waals surface area contributed by atoms with Crippen LogP contribution in [0.2, 0.25) is 0 Å². The van der Waals surface area contributed by atoms with Crippen LogP contribution in [0.1, 0.15) is 27.7 Å². The van der Waals surface area contributed by atoms with E-state index in [9.17, 15) is 9.90 Å². The van der Waals surface area contributed by atoms with E-state index in [0.717, 1.165) is 0 Å². The summed E-state index contributed by atoms with van der Waals surface area (Å²) in [6.45, 7) is 7.41. The first-order chi connectivity index (χ1) is 5.80. The minimum Gasteiger partial charge on any atom is -0.512 e. The second-order valence-electron chi connectivity index (χ2n) is 4.45. The van der Waals surface area contributed by atoms with Gasteiger partial charge in [0.15, 0.2) is 0 Å². The summed E-state index contributed by atoms with van der Waals surface area (Å²) in [5.74, 6) is -1.07. The van der Waals surface area contributed by atoms with Crippen LogP contribution >= 0.6 is 0 Å². The monoisotopic (exact) mass is 184 g/mol. The van der Waals surface area contributed by atoms with Gasteiger partial charge in [0.1, 0.15) is 0 Å². The Morgan fingerprint density at radius 3 is 2.08 bits per heavy atom. The summed E-state index contributed by atoms with van der Waals surface area (Å²) in [7, 11) is 0. The smallest absolute Gasteiger partial charge is 0.311 e. The fourth-order valence-electron chi connectivity index (χ4n) is 1.77. The first kappa shape index (κ1) is 10.1. The summed E-state index contributed by atoms with van der Waals surface area (Å²) >= 11 is 0. The lowest BCUT2D eigenvalue weighted by Crippen LogP contribution is -2.02. The van der Waals surface area contributed by atoms with Crippen molar-refractivity contribution in [3.8, 4) is 0 Å². The molecule has 1 atom stereocenters. The molecule has 0 amide bonds. The summed E-state index contributed by atoms with van der Waals surface area (Å²) in [5.41, 5.74) is 0.329. The van der Waals surface area contributed by atoms with Gasteiger partial charge in [0.05, 0.1) is 11.7 Å². The molecular formula is C10H16O3. The molecule has 3 nitrogen and oxygen atoms in total. The number of carboxylic acids is 1.